The predicted molar refractivity (Wildman–Crippen MR) is 47.4 cm³/mol. The van der Waals surface area contributed by atoms with E-state index in [-0.39, 0.29) is 0 Å². The van der Waals surface area contributed by atoms with Gasteiger partial charge in [-0.3, -0.25) is 4.63 Å². The third-order valence-electron chi connectivity index (χ3n) is 1.66. The van der Waals surface area contributed by atoms with Crippen molar-refractivity contribution in [1.29, 1.82) is 0 Å². The second-order valence-electron chi connectivity index (χ2n) is 2.48. The largest absolute Gasteiger partial charge is 0.359 e. The van der Waals surface area contributed by atoms with E-state index in [4.69, 9.17) is 23.2 Å². The highest BCUT2D eigenvalue weighted by atomic mass is 35.5. The van der Waals surface area contributed by atoms with Crippen LogP contribution in [0.1, 0.15) is 10.4 Å². The smallest absolute Gasteiger partial charge is 0.248 e. The summed E-state index contributed by atoms with van der Waals surface area (Å²) in [5.74, 6) is 0. The van der Waals surface area contributed by atoms with Crippen LogP contribution >= 0.6 is 23.2 Å². The molecule has 1 aromatic heterocycles. The first-order chi connectivity index (χ1) is 6.18. The Balaban J connectivity index is 2.63. The number of hydrogen-bond donors (Lipinski definition) is 0. The van der Waals surface area contributed by atoms with Crippen molar-refractivity contribution in [3.05, 3.63) is 29.0 Å². The first kappa shape index (κ1) is 8.59. The van der Waals surface area contributed by atoms with Crippen LogP contribution in [0.2, 0.25) is 0 Å². The van der Waals surface area contributed by atoms with Gasteiger partial charge in [0.15, 0.2) is 0 Å². The first-order valence-corrected chi connectivity index (χ1v) is 4.33. The van der Waals surface area contributed by atoms with Gasteiger partial charge in [0.25, 0.3) is 0 Å². The molecule has 2 aromatic rings. The molecule has 0 N–H and O–H groups in total. The number of hydrogen-bond acceptors (Lipinski definition) is 3. The second kappa shape index (κ2) is 3.05. The molecule has 0 radical (unpaired) electrons. The molecule has 0 aliphatic carbocycles. The Morgan fingerprint density at radius 3 is 2.92 bits per heavy atom. The van der Waals surface area contributed by atoms with E-state index < -0.39 is 4.84 Å². The lowest BCUT2D eigenvalue weighted by Gasteiger charge is -1.97. The van der Waals surface area contributed by atoms with Crippen molar-refractivity contribution in [3.63, 3.8) is 0 Å². The zero-order valence-electron chi connectivity index (χ0n) is 6.28. The Hall–Kier alpha value is -1.000. The molecule has 0 atom stereocenters. The van der Waals surface area contributed by atoms with Gasteiger partial charge in [-0.15, -0.1) is 23.2 Å². The molecule has 0 unspecified atom stereocenters. The third kappa shape index (κ3) is 1.43. The number of rotatable bonds is 1. The summed E-state index contributed by atoms with van der Waals surface area (Å²) in [7, 11) is 0. The fraction of sp³-hybridized carbons (Fsp3) is 0.143. The van der Waals surface area contributed by atoms with E-state index in [1.54, 1.807) is 18.2 Å². The molecule has 0 spiro atoms. The molecule has 0 saturated carbocycles. The average molecular weight is 219 g/mol. The minimum absolute atomic E-state index is 0.330. The number of aromatic nitrogens is 2. The predicted octanol–water partition coefficient (Wildman–Crippen LogP) is 1.94. The number of benzene rings is 1. The zero-order valence-corrected chi connectivity index (χ0v) is 7.79. The van der Waals surface area contributed by atoms with Crippen molar-refractivity contribution in [2.24, 2.45) is 0 Å². The Kier molecular flexibility index (Phi) is 2.01. The molecule has 4 nitrogen and oxygen atoms in total. The molecule has 0 bridgehead atoms. The van der Waals surface area contributed by atoms with Crippen LogP contribution in [0, 0.1) is 5.21 Å². The topological polar surface area (TPSA) is 53.0 Å². The molecule has 0 saturated heterocycles. The average Bonchev–Trinajstić information content (AvgIpc) is 2.47. The maximum absolute atomic E-state index is 10.9. The molecule has 0 fully saturated rings. The highest BCUT2D eigenvalue weighted by molar-refractivity contribution is 6.44. The van der Waals surface area contributed by atoms with Crippen molar-refractivity contribution in [3.8, 4) is 0 Å². The van der Waals surface area contributed by atoms with Crippen LogP contribution in [0.4, 0.5) is 0 Å². The monoisotopic (exact) mass is 218 g/mol. The van der Waals surface area contributed by atoms with E-state index in [0.29, 0.717) is 21.5 Å². The fourth-order valence-corrected chi connectivity index (χ4v) is 1.30. The van der Waals surface area contributed by atoms with Gasteiger partial charge in [0, 0.05) is 11.2 Å². The number of nitrogens with zero attached hydrogens (tertiary/aromatic N) is 2. The molecule has 0 aliphatic rings. The van der Waals surface area contributed by atoms with Crippen LogP contribution in [0.3, 0.4) is 0 Å². The lowest BCUT2D eigenvalue weighted by atomic mass is 10.2. The molecular formula is C7H4Cl2N2O2. The summed E-state index contributed by atoms with van der Waals surface area (Å²) in [5.41, 5.74) is 1.49. The Morgan fingerprint density at radius 2 is 2.23 bits per heavy atom. The molecule has 6 heteroatoms. The molecule has 1 heterocycles. The van der Waals surface area contributed by atoms with Gasteiger partial charge < -0.3 is 5.21 Å². The quantitative estimate of drug-likeness (QED) is 0.543. The standard InChI is InChI=1S/C7H4Cl2N2O2/c8-7(9)4-1-2-6-5(3-4)10-13-11(6)12/h1-3,7H. The summed E-state index contributed by atoms with van der Waals surface area (Å²) in [6, 6.07) is 4.82. The van der Waals surface area contributed by atoms with Gasteiger partial charge in [-0.2, -0.15) is 0 Å². The van der Waals surface area contributed by atoms with E-state index in [0.717, 1.165) is 0 Å². The highest BCUT2D eigenvalue weighted by Crippen LogP contribution is 2.26. The van der Waals surface area contributed by atoms with Crippen LogP contribution in [-0.4, -0.2) is 5.16 Å². The van der Waals surface area contributed by atoms with E-state index in [2.05, 4.69) is 9.79 Å². The van der Waals surface area contributed by atoms with Gasteiger partial charge in [0.05, 0.1) is 0 Å². The van der Waals surface area contributed by atoms with Crippen LogP contribution in [0.5, 0.6) is 0 Å². The summed E-state index contributed by atoms with van der Waals surface area (Å²) in [6.07, 6.45) is 0. The van der Waals surface area contributed by atoms with Gasteiger partial charge >= 0.3 is 0 Å². The van der Waals surface area contributed by atoms with Crippen LogP contribution in [0.15, 0.2) is 22.8 Å². The molecule has 2 rings (SSSR count). The Labute approximate surface area is 83.2 Å². The SMILES string of the molecule is [O-][n+]1onc2cc(C(Cl)Cl)ccc21. The van der Waals surface area contributed by atoms with E-state index in [1.165, 1.54) is 0 Å². The van der Waals surface area contributed by atoms with Crippen molar-refractivity contribution in [1.82, 2.24) is 5.16 Å². The summed E-state index contributed by atoms with van der Waals surface area (Å²) >= 11 is 11.3. The molecule has 0 aliphatic heterocycles. The van der Waals surface area contributed by atoms with Gasteiger partial charge in [0.2, 0.25) is 11.0 Å². The van der Waals surface area contributed by atoms with Crippen LogP contribution in [0.25, 0.3) is 11.0 Å². The fourth-order valence-electron chi connectivity index (χ4n) is 1.03. The number of fused-ring (bicyclic) bond motifs is 1. The van der Waals surface area contributed by atoms with Gasteiger partial charge in [-0.05, 0) is 16.5 Å². The van der Waals surface area contributed by atoms with Crippen LogP contribution < -0.4 is 4.90 Å². The summed E-state index contributed by atoms with van der Waals surface area (Å²) in [6.45, 7) is 0. The summed E-state index contributed by atoms with van der Waals surface area (Å²) in [5, 5.41) is 14.4. The third-order valence-corrected chi connectivity index (χ3v) is 2.17. The van der Waals surface area contributed by atoms with Crippen molar-refractivity contribution in [2.75, 3.05) is 0 Å². The molecule has 68 valence electrons. The number of halogens is 2. The van der Waals surface area contributed by atoms with E-state index >= 15 is 0 Å². The molecule has 13 heavy (non-hydrogen) atoms. The first-order valence-electron chi connectivity index (χ1n) is 3.46. The minimum Gasteiger partial charge on any atom is -0.359 e. The highest BCUT2D eigenvalue weighted by Gasteiger charge is 2.12. The van der Waals surface area contributed by atoms with Crippen LogP contribution in [-0.2, 0) is 0 Å². The van der Waals surface area contributed by atoms with Crippen molar-refractivity contribution < 1.29 is 9.53 Å². The lowest BCUT2D eigenvalue weighted by Crippen LogP contribution is -2.22. The molecule has 0 amide bonds. The van der Waals surface area contributed by atoms with Gasteiger partial charge in [-0.1, -0.05) is 6.07 Å². The summed E-state index contributed by atoms with van der Waals surface area (Å²) < 4.78 is 4.37. The van der Waals surface area contributed by atoms with Gasteiger partial charge in [0.1, 0.15) is 4.84 Å². The Morgan fingerprint density at radius 1 is 1.46 bits per heavy atom. The van der Waals surface area contributed by atoms with Crippen molar-refractivity contribution in [2.45, 2.75) is 4.84 Å². The Bertz CT molecular complexity index is 441. The second-order valence-corrected chi connectivity index (χ2v) is 3.58. The normalized spacial score (nSPS) is 11.3. The molecule has 1 aromatic carbocycles. The maximum Gasteiger partial charge on any atom is 0.248 e. The lowest BCUT2D eigenvalue weighted by molar-refractivity contribution is -0.782. The van der Waals surface area contributed by atoms with E-state index in [9.17, 15) is 5.21 Å². The summed E-state index contributed by atoms with van der Waals surface area (Å²) in [4.78, 5) is -0.294. The zero-order chi connectivity index (χ0) is 9.42. The van der Waals surface area contributed by atoms with Crippen molar-refractivity contribution >= 4 is 34.2 Å². The number of alkyl halides is 2. The van der Waals surface area contributed by atoms with E-state index in [1.807, 2.05) is 0 Å². The molecular weight excluding hydrogens is 215 g/mol. The van der Waals surface area contributed by atoms with Gasteiger partial charge in [-0.25, -0.2) is 0 Å². The minimum atomic E-state index is -0.624. The maximum atomic E-state index is 10.9.